The molecule has 0 saturated carbocycles. The average molecular weight is 369 g/mol. The maximum absolute atomic E-state index is 11.9. The zero-order valence-electron chi connectivity index (χ0n) is 15.5. The number of ether oxygens (including phenoxy) is 2. The lowest BCUT2D eigenvalue weighted by Gasteiger charge is -2.31. The fraction of sp³-hybridized carbons (Fsp3) is 0.421. The minimum atomic E-state index is -0.435. The van der Waals surface area contributed by atoms with Crippen LogP contribution in [-0.4, -0.2) is 58.7 Å². The molecule has 8 nitrogen and oxygen atoms in total. The summed E-state index contributed by atoms with van der Waals surface area (Å²) in [6.07, 6.45) is 5.12. The molecule has 4 rings (SSSR count). The molecular formula is C19H23N5O3. The Morgan fingerprint density at radius 3 is 2.81 bits per heavy atom. The molecule has 1 fully saturated rings. The topological polar surface area (TPSA) is 106 Å². The highest BCUT2D eigenvalue weighted by Crippen LogP contribution is 2.37. The number of esters is 1. The Morgan fingerprint density at radius 1 is 1.33 bits per heavy atom. The highest BCUT2D eigenvalue weighted by Gasteiger charge is 2.23. The van der Waals surface area contributed by atoms with Crippen LogP contribution in [0, 0.1) is 0 Å². The molecule has 3 aromatic rings. The van der Waals surface area contributed by atoms with Crippen molar-refractivity contribution in [2.24, 2.45) is 0 Å². The number of nitrogens with zero attached hydrogens (tertiary/aromatic N) is 3. The number of carbonyl (C=O) groups excluding carboxylic acids is 1. The van der Waals surface area contributed by atoms with E-state index in [1.54, 1.807) is 12.3 Å². The van der Waals surface area contributed by atoms with Gasteiger partial charge in [-0.1, -0.05) is 6.92 Å². The number of hydrogen-bond donors (Lipinski definition) is 2. The number of likely N-dealkylation sites (tertiary alicyclic amines) is 1. The van der Waals surface area contributed by atoms with Crippen molar-refractivity contribution in [3.63, 3.8) is 0 Å². The third-order valence-electron chi connectivity index (χ3n) is 5.16. The number of nitrogens with one attached hydrogen (secondary N) is 1. The SMILES string of the molecule is CCN1CCC(Oc2c(N)ncc3[nH]c4ncc(C(=O)OC)cc4c23)CC1. The first-order chi connectivity index (χ1) is 13.1. The van der Waals surface area contributed by atoms with E-state index in [0.717, 1.165) is 48.8 Å². The summed E-state index contributed by atoms with van der Waals surface area (Å²) in [5, 5.41) is 1.57. The number of aromatic nitrogens is 3. The van der Waals surface area contributed by atoms with E-state index < -0.39 is 5.97 Å². The van der Waals surface area contributed by atoms with Crippen LogP contribution < -0.4 is 10.5 Å². The Hall–Kier alpha value is -2.87. The second kappa shape index (κ2) is 7.03. The summed E-state index contributed by atoms with van der Waals surface area (Å²) < 4.78 is 11.1. The molecular weight excluding hydrogens is 346 g/mol. The zero-order valence-corrected chi connectivity index (χ0v) is 15.5. The number of piperidine rings is 1. The van der Waals surface area contributed by atoms with Crippen molar-refractivity contribution in [2.45, 2.75) is 25.9 Å². The molecule has 0 bridgehead atoms. The first kappa shape index (κ1) is 17.5. The molecule has 0 spiro atoms. The van der Waals surface area contributed by atoms with E-state index in [9.17, 15) is 4.79 Å². The molecule has 8 heteroatoms. The monoisotopic (exact) mass is 369 g/mol. The molecule has 0 radical (unpaired) electrons. The maximum Gasteiger partial charge on any atom is 0.339 e. The number of nitrogens with two attached hydrogens (primary N) is 1. The number of carbonyl (C=O) groups is 1. The van der Waals surface area contributed by atoms with Crippen LogP contribution in [0.1, 0.15) is 30.1 Å². The van der Waals surface area contributed by atoms with Crippen LogP contribution in [0.2, 0.25) is 0 Å². The molecule has 1 saturated heterocycles. The number of hydrogen-bond acceptors (Lipinski definition) is 7. The van der Waals surface area contributed by atoms with Crippen molar-refractivity contribution in [1.29, 1.82) is 0 Å². The molecule has 0 unspecified atom stereocenters. The van der Waals surface area contributed by atoms with E-state index in [1.807, 2.05) is 0 Å². The number of fused-ring (bicyclic) bond motifs is 3. The van der Waals surface area contributed by atoms with Crippen LogP contribution in [-0.2, 0) is 4.74 Å². The summed E-state index contributed by atoms with van der Waals surface area (Å²) in [4.78, 5) is 26.1. The summed E-state index contributed by atoms with van der Waals surface area (Å²) >= 11 is 0. The minimum absolute atomic E-state index is 0.0872. The predicted octanol–water partition coefficient (Wildman–Crippen LogP) is 2.34. The molecule has 0 aromatic carbocycles. The molecule has 3 N–H and O–H groups in total. The first-order valence-electron chi connectivity index (χ1n) is 9.14. The van der Waals surface area contributed by atoms with Crippen molar-refractivity contribution in [1.82, 2.24) is 19.9 Å². The fourth-order valence-corrected chi connectivity index (χ4v) is 3.61. The van der Waals surface area contributed by atoms with E-state index in [0.29, 0.717) is 22.8 Å². The summed E-state index contributed by atoms with van der Waals surface area (Å²) in [5.41, 5.74) is 7.96. The number of nitrogen functional groups attached to an aromatic ring is 1. The second-order valence-electron chi connectivity index (χ2n) is 6.75. The lowest BCUT2D eigenvalue weighted by Crippen LogP contribution is -2.38. The smallest absolute Gasteiger partial charge is 0.339 e. The molecule has 3 aromatic heterocycles. The zero-order chi connectivity index (χ0) is 19.0. The number of methoxy groups -OCH3 is 1. The number of anilines is 1. The van der Waals surface area contributed by atoms with Gasteiger partial charge in [0.2, 0.25) is 0 Å². The van der Waals surface area contributed by atoms with E-state index >= 15 is 0 Å². The fourth-order valence-electron chi connectivity index (χ4n) is 3.61. The second-order valence-corrected chi connectivity index (χ2v) is 6.75. The molecule has 4 heterocycles. The van der Waals surface area contributed by atoms with Gasteiger partial charge in [0.05, 0.1) is 29.8 Å². The molecule has 1 aliphatic heterocycles. The van der Waals surface area contributed by atoms with Crippen molar-refractivity contribution >= 4 is 33.7 Å². The largest absolute Gasteiger partial charge is 0.486 e. The average Bonchev–Trinajstić information content (AvgIpc) is 3.08. The molecule has 0 aliphatic carbocycles. The van der Waals surface area contributed by atoms with Gasteiger partial charge in [0.1, 0.15) is 11.8 Å². The van der Waals surface area contributed by atoms with Gasteiger partial charge in [-0.3, -0.25) is 0 Å². The quantitative estimate of drug-likeness (QED) is 0.680. The van der Waals surface area contributed by atoms with Gasteiger partial charge in [-0.15, -0.1) is 0 Å². The summed E-state index contributed by atoms with van der Waals surface area (Å²) in [7, 11) is 1.35. The number of H-pyrrole nitrogens is 1. The first-order valence-corrected chi connectivity index (χ1v) is 9.14. The summed E-state index contributed by atoms with van der Waals surface area (Å²) in [6.45, 7) is 5.23. The Kier molecular flexibility index (Phi) is 4.57. The molecule has 142 valence electrons. The third-order valence-corrected chi connectivity index (χ3v) is 5.16. The van der Waals surface area contributed by atoms with Gasteiger partial charge in [0.25, 0.3) is 0 Å². The molecule has 0 atom stereocenters. The minimum Gasteiger partial charge on any atom is -0.486 e. The van der Waals surface area contributed by atoms with Gasteiger partial charge in [-0.05, 0) is 25.5 Å². The lowest BCUT2D eigenvalue weighted by molar-refractivity contribution is 0.0600. The summed E-state index contributed by atoms with van der Waals surface area (Å²) in [5.74, 6) is 0.456. The van der Waals surface area contributed by atoms with Crippen LogP contribution in [0.15, 0.2) is 18.5 Å². The van der Waals surface area contributed by atoms with Crippen molar-refractivity contribution in [2.75, 3.05) is 32.5 Å². The number of pyridine rings is 2. The lowest BCUT2D eigenvalue weighted by atomic mass is 10.1. The molecule has 0 amide bonds. The van der Waals surface area contributed by atoms with Crippen molar-refractivity contribution in [3.8, 4) is 5.75 Å². The van der Waals surface area contributed by atoms with Gasteiger partial charge in [-0.25, -0.2) is 14.8 Å². The Balaban J connectivity index is 1.77. The summed E-state index contributed by atoms with van der Waals surface area (Å²) in [6, 6.07) is 1.75. The van der Waals surface area contributed by atoms with Gasteiger partial charge < -0.3 is 25.1 Å². The highest BCUT2D eigenvalue weighted by molar-refractivity contribution is 6.11. The van der Waals surface area contributed by atoms with E-state index in [4.69, 9.17) is 15.2 Å². The standard InChI is InChI=1S/C19H23N5O3/c1-3-24-6-4-12(5-7-24)27-16-15-13-8-11(19(25)26-2)9-22-18(13)23-14(15)10-21-17(16)20/h8-10,12H,3-7H2,1-2H3,(H2,20,21)(H,22,23). The third kappa shape index (κ3) is 3.16. The van der Waals surface area contributed by atoms with Crippen molar-refractivity contribution < 1.29 is 14.3 Å². The van der Waals surface area contributed by atoms with Gasteiger partial charge >= 0.3 is 5.97 Å². The maximum atomic E-state index is 11.9. The predicted molar refractivity (Wildman–Crippen MR) is 103 cm³/mol. The van der Waals surface area contributed by atoms with Crippen LogP contribution >= 0.6 is 0 Å². The van der Waals surface area contributed by atoms with Crippen molar-refractivity contribution in [3.05, 3.63) is 24.0 Å². The van der Waals surface area contributed by atoms with Gasteiger partial charge in [0.15, 0.2) is 11.6 Å². The van der Waals surface area contributed by atoms with Crippen LogP contribution in [0.25, 0.3) is 21.9 Å². The Labute approximate surface area is 156 Å². The molecule has 1 aliphatic rings. The number of aromatic amines is 1. The van der Waals surface area contributed by atoms with Crippen LogP contribution in [0.3, 0.4) is 0 Å². The molecule has 27 heavy (non-hydrogen) atoms. The highest BCUT2D eigenvalue weighted by atomic mass is 16.5. The van der Waals surface area contributed by atoms with E-state index in [2.05, 4.69) is 26.8 Å². The normalized spacial score (nSPS) is 16.1. The number of rotatable bonds is 4. The van der Waals surface area contributed by atoms with Crippen LogP contribution in [0.4, 0.5) is 5.82 Å². The Morgan fingerprint density at radius 2 is 2.11 bits per heavy atom. The van der Waals surface area contributed by atoms with E-state index in [-0.39, 0.29) is 6.10 Å². The van der Waals surface area contributed by atoms with Gasteiger partial charge in [0, 0.05) is 24.7 Å². The van der Waals surface area contributed by atoms with Gasteiger partial charge in [-0.2, -0.15) is 0 Å². The van der Waals surface area contributed by atoms with Crippen LogP contribution in [0.5, 0.6) is 5.75 Å². The van der Waals surface area contributed by atoms with E-state index in [1.165, 1.54) is 13.3 Å². The Bertz CT molecular complexity index is 992.